The number of likely N-dealkylation sites (tertiary alicyclic amines) is 1. The molecule has 2 unspecified atom stereocenters. The van der Waals surface area contributed by atoms with E-state index in [4.69, 9.17) is 0 Å². The molecule has 0 radical (unpaired) electrons. The monoisotopic (exact) mass is 312 g/mol. The average Bonchev–Trinajstić information content (AvgIpc) is 2.39. The van der Waals surface area contributed by atoms with Crippen LogP contribution in [0.25, 0.3) is 0 Å². The van der Waals surface area contributed by atoms with Gasteiger partial charge in [-0.05, 0) is 30.4 Å². The first kappa shape index (κ1) is 16.7. The third-order valence-corrected chi connectivity index (χ3v) is 3.69. The Kier molecular flexibility index (Phi) is 5.71. The Morgan fingerprint density at radius 3 is 2.59 bits per heavy atom. The summed E-state index contributed by atoms with van der Waals surface area (Å²) in [7, 11) is 0. The van der Waals surface area contributed by atoms with Crippen LogP contribution in [0, 0.1) is 11.8 Å². The molecule has 1 amide bonds. The molecule has 1 aliphatic rings. The fraction of sp³-hybridized carbons (Fsp3) is 0.562. The number of anilines is 1. The van der Waals surface area contributed by atoms with Crippen molar-refractivity contribution >= 4 is 11.6 Å². The minimum absolute atomic E-state index is 0.0220. The van der Waals surface area contributed by atoms with Crippen LogP contribution in [0.15, 0.2) is 24.3 Å². The third kappa shape index (κ3) is 4.94. The molecule has 22 heavy (non-hydrogen) atoms. The third-order valence-electron chi connectivity index (χ3n) is 3.69. The van der Waals surface area contributed by atoms with Crippen molar-refractivity contribution in [2.75, 3.05) is 25.0 Å². The molecule has 1 saturated heterocycles. The van der Waals surface area contributed by atoms with E-state index in [1.165, 1.54) is 12.5 Å². The maximum atomic E-state index is 12.4. The quantitative estimate of drug-likeness (QED) is 0.908. The summed E-state index contributed by atoms with van der Waals surface area (Å²) in [6, 6.07) is 6.21. The van der Waals surface area contributed by atoms with E-state index in [1.54, 1.807) is 18.2 Å². The number of carbonyl (C=O) groups is 1. The second-order valence-electron chi connectivity index (χ2n) is 6.06. The molecule has 0 aromatic heterocycles. The Bertz CT molecular complexity index is 501. The highest BCUT2D eigenvalue weighted by molar-refractivity contribution is 5.93. The van der Waals surface area contributed by atoms with Crippen LogP contribution in [0.3, 0.4) is 0 Å². The van der Waals surface area contributed by atoms with Gasteiger partial charge in [-0.2, -0.15) is 8.78 Å². The van der Waals surface area contributed by atoms with Gasteiger partial charge in [0.25, 0.3) is 0 Å². The second-order valence-corrected chi connectivity index (χ2v) is 6.06. The van der Waals surface area contributed by atoms with E-state index in [0.717, 1.165) is 13.1 Å². The number of halogens is 2. The van der Waals surface area contributed by atoms with Gasteiger partial charge in [0.05, 0.1) is 12.2 Å². The smallest absolute Gasteiger partial charge is 0.387 e. The van der Waals surface area contributed by atoms with Crippen molar-refractivity contribution in [3.63, 3.8) is 0 Å². The predicted molar refractivity (Wildman–Crippen MR) is 81.1 cm³/mol. The van der Waals surface area contributed by atoms with Crippen LogP contribution in [0.5, 0.6) is 5.75 Å². The van der Waals surface area contributed by atoms with Crippen molar-refractivity contribution in [3.8, 4) is 5.75 Å². The average molecular weight is 312 g/mol. The Morgan fingerprint density at radius 1 is 1.32 bits per heavy atom. The number of para-hydroxylation sites is 2. The summed E-state index contributed by atoms with van der Waals surface area (Å²) < 4.78 is 29.1. The molecule has 1 fully saturated rings. The van der Waals surface area contributed by atoms with E-state index in [0.29, 0.717) is 11.8 Å². The fourth-order valence-corrected chi connectivity index (χ4v) is 3.08. The zero-order valence-corrected chi connectivity index (χ0v) is 12.9. The largest absolute Gasteiger partial charge is 0.433 e. The van der Waals surface area contributed by atoms with Crippen LogP contribution in [0.2, 0.25) is 0 Å². The number of hydrogen-bond donors (Lipinski definition) is 1. The van der Waals surface area contributed by atoms with Gasteiger partial charge in [0.15, 0.2) is 0 Å². The molecule has 0 spiro atoms. The van der Waals surface area contributed by atoms with Crippen LogP contribution < -0.4 is 10.1 Å². The summed E-state index contributed by atoms with van der Waals surface area (Å²) in [5.74, 6) is 0.884. The summed E-state index contributed by atoms with van der Waals surface area (Å²) in [6.45, 7) is 3.46. The van der Waals surface area contributed by atoms with Gasteiger partial charge in [0.1, 0.15) is 5.75 Å². The van der Waals surface area contributed by atoms with E-state index in [1.807, 2.05) is 0 Å². The number of nitrogens with zero attached hydrogens (tertiary/aromatic N) is 1. The van der Waals surface area contributed by atoms with Crippen LogP contribution >= 0.6 is 0 Å². The Hall–Kier alpha value is -1.69. The number of amides is 1. The SMILES string of the molecule is CC1CC(C)CN(CC(=O)Nc2ccccc2OC(F)F)C1. The molecule has 1 aliphatic heterocycles. The Balaban J connectivity index is 1.94. The fourth-order valence-electron chi connectivity index (χ4n) is 3.08. The van der Waals surface area contributed by atoms with Crippen molar-refractivity contribution in [2.24, 2.45) is 11.8 Å². The van der Waals surface area contributed by atoms with E-state index < -0.39 is 6.61 Å². The maximum absolute atomic E-state index is 12.4. The number of rotatable bonds is 5. The van der Waals surface area contributed by atoms with Crippen molar-refractivity contribution in [1.82, 2.24) is 4.90 Å². The molecule has 2 rings (SSSR count). The Morgan fingerprint density at radius 2 is 1.95 bits per heavy atom. The molecule has 2 atom stereocenters. The molecular weight excluding hydrogens is 290 g/mol. The van der Waals surface area contributed by atoms with Gasteiger partial charge in [-0.1, -0.05) is 26.0 Å². The predicted octanol–water partition coefficient (Wildman–Crippen LogP) is 3.20. The van der Waals surface area contributed by atoms with E-state index in [9.17, 15) is 13.6 Å². The molecule has 0 aliphatic carbocycles. The number of carbonyl (C=O) groups excluding carboxylic acids is 1. The number of ether oxygens (including phenoxy) is 1. The van der Waals surface area contributed by atoms with Gasteiger partial charge in [-0.25, -0.2) is 0 Å². The zero-order chi connectivity index (χ0) is 16.1. The van der Waals surface area contributed by atoms with Gasteiger partial charge >= 0.3 is 6.61 Å². The first-order valence-corrected chi connectivity index (χ1v) is 7.50. The van der Waals surface area contributed by atoms with Crippen LogP contribution in [0.1, 0.15) is 20.3 Å². The summed E-state index contributed by atoms with van der Waals surface area (Å²) in [4.78, 5) is 14.2. The first-order chi connectivity index (χ1) is 10.4. The Labute approximate surface area is 129 Å². The normalized spacial score (nSPS) is 22.6. The summed E-state index contributed by atoms with van der Waals surface area (Å²) >= 11 is 0. The number of benzene rings is 1. The first-order valence-electron chi connectivity index (χ1n) is 7.50. The van der Waals surface area contributed by atoms with Gasteiger partial charge < -0.3 is 10.1 Å². The second kappa shape index (κ2) is 7.54. The number of piperidine rings is 1. The van der Waals surface area contributed by atoms with Crippen LogP contribution in [-0.4, -0.2) is 37.1 Å². The van der Waals surface area contributed by atoms with Crippen molar-refractivity contribution < 1.29 is 18.3 Å². The van der Waals surface area contributed by atoms with Crippen molar-refractivity contribution in [3.05, 3.63) is 24.3 Å². The molecule has 4 nitrogen and oxygen atoms in total. The van der Waals surface area contributed by atoms with E-state index in [-0.39, 0.29) is 23.9 Å². The van der Waals surface area contributed by atoms with Crippen LogP contribution in [-0.2, 0) is 4.79 Å². The highest BCUT2D eigenvalue weighted by atomic mass is 19.3. The summed E-state index contributed by atoms with van der Waals surface area (Å²) in [5, 5.41) is 2.65. The minimum Gasteiger partial charge on any atom is -0.433 e. The molecule has 1 aromatic carbocycles. The maximum Gasteiger partial charge on any atom is 0.387 e. The molecule has 1 aromatic rings. The van der Waals surface area contributed by atoms with Gasteiger partial charge in [0.2, 0.25) is 5.91 Å². The molecule has 0 saturated carbocycles. The lowest BCUT2D eigenvalue weighted by molar-refractivity contribution is -0.118. The number of nitrogens with one attached hydrogen (secondary N) is 1. The lowest BCUT2D eigenvalue weighted by Gasteiger charge is -2.34. The summed E-state index contributed by atoms with van der Waals surface area (Å²) in [5.41, 5.74) is 0.269. The standard InChI is InChI=1S/C16H22F2N2O2/c1-11-7-12(2)9-20(8-11)10-15(21)19-13-5-3-4-6-14(13)22-16(17)18/h3-6,11-12,16H,7-10H2,1-2H3,(H,19,21). The molecule has 1 heterocycles. The molecule has 6 heteroatoms. The van der Waals surface area contributed by atoms with E-state index >= 15 is 0 Å². The van der Waals surface area contributed by atoms with Crippen molar-refractivity contribution in [1.29, 1.82) is 0 Å². The van der Waals surface area contributed by atoms with Gasteiger partial charge in [-0.3, -0.25) is 9.69 Å². The molecule has 0 bridgehead atoms. The number of alkyl halides is 2. The zero-order valence-electron chi connectivity index (χ0n) is 12.9. The lowest BCUT2D eigenvalue weighted by Crippen LogP contribution is -2.42. The molecule has 1 N–H and O–H groups in total. The highest BCUT2D eigenvalue weighted by Crippen LogP contribution is 2.26. The lowest BCUT2D eigenvalue weighted by atomic mass is 9.92. The number of hydrogen-bond acceptors (Lipinski definition) is 3. The molecule has 122 valence electrons. The van der Waals surface area contributed by atoms with Crippen molar-refractivity contribution in [2.45, 2.75) is 26.9 Å². The van der Waals surface area contributed by atoms with Crippen LogP contribution in [0.4, 0.5) is 14.5 Å². The molecular formula is C16H22F2N2O2. The minimum atomic E-state index is -2.91. The highest BCUT2D eigenvalue weighted by Gasteiger charge is 2.23. The van der Waals surface area contributed by atoms with E-state index in [2.05, 4.69) is 28.8 Å². The summed E-state index contributed by atoms with van der Waals surface area (Å²) in [6.07, 6.45) is 1.17. The van der Waals surface area contributed by atoms with Gasteiger partial charge in [-0.15, -0.1) is 0 Å². The van der Waals surface area contributed by atoms with Gasteiger partial charge in [0, 0.05) is 13.1 Å². The topological polar surface area (TPSA) is 41.6 Å².